The van der Waals surface area contributed by atoms with Crippen molar-refractivity contribution in [2.45, 2.75) is 51.0 Å². The van der Waals surface area contributed by atoms with Crippen LogP contribution in [-0.2, 0) is 0 Å². The molecule has 32 heavy (non-hydrogen) atoms. The van der Waals surface area contributed by atoms with Gasteiger partial charge in [0.1, 0.15) is 17.6 Å². The summed E-state index contributed by atoms with van der Waals surface area (Å²) < 4.78 is 11.8. The molecule has 2 saturated heterocycles. The molecule has 1 amide bonds. The van der Waals surface area contributed by atoms with E-state index >= 15 is 0 Å². The Labute approximate surface area is 192 Å². The van der Waals surface area contributed by atoms with E-state index in [4.69, 9.17) is 9.47 Å². The predicted molar refractivity (Wildman–Crippen MR) is 128 cm³/mol. The van der Waals surface area contributed by atoms with Gasteiger partial charge in [0.2, 0.25) is 0 Å². The molecule has 1 atom stereocenters. The largest absolute Gasteiger partial charge is 0.497 e. The summed E-state index contributed by atoms with van der Waals surface area (Å²) in [6, 6.07) is 16.3. The van der Waals surface area contributed by atoms with Crippen molar-refractivity contribution < 1.29 is 14.3 Å². The Hall–Kier alpha value is -2.53. The van der Waals surface area contributed by atoms with Crippen LogP contribution in [0.3, 0.4) is 0 Å². The highest BCUT2D eigenvalue weighted by Gasteiger charge is 2.26. The van der Waals surface area contributed by atoms with Crippen molar-refractivity contribution in [1.29, 1.82) is 0 Å². The fourth-order valence-electron chi connectivity index (χ4n) is 4.75. The molecule has 0 N–H and O–H groups in total. The maximum Gasteiger partial charge on any atom is 0.257 e. The van der Waals surface area contributed by atoms with Crippen LogP contribution in [0.2, 0.25) is 0 Å². The minimum absolute atomic E-state index is 0.0764. The molecule has 172 valence electrons. The van der Waals surface area contributed by atoms with E-state index in [1.165, 1.54) is 12.0 Å². The van der Waals surface area contributed by atoms with Crippen molar-refractivity contribution in [3.05, 3.63) is 59.7 Å². The van der Waals surface area contributed by atoms with Crippen LogP contribution in [0.1, 0.15) is 60.9 Å². The molecule has 2 aliphatic rings. The molecule has 0 spiro atoms. The van der Waals surface area contributed by atoms with Crippen molar-refractivity contribution in [3.8, 4) is 11.5 Å². The number of amides is 1. The lowest BCUT2D eigenvalue weighted by Crippen LogP contribution is -2.39. The van der Waals surface area contributed by atoms with E-state index in [1.54, 1.807) is 7.11 Å². The average Bonchev–Trinajstić information content (AvgIpc) is 3.38. The summed E-state index contributed by atoms with van der Waals surface area (Å²) in [5.74, 6) is 2.04. The second-order valence-corrected chi connectivity index (χ2v) is 9.12. The van der Waals surface area contributed by atoms with Crippen LogP contribution in [0.4, 0.5) is 0 Å². The summed E-state index contributed by atoms with van der Waals surface area (Å²) in [7, 11) is 1.65. The minimum atomic E-state index is 0.0764. The fourth-order valence-corrected chi connectivity index (χ4v) is 4.75. The predicted octanol–water partition coefficient (Wildman–Crippen LogP) is 4.97. The molecular weight excluding hydrogens is 400 g/mol. The topological polar surface area (TPSA) is 42.0 Å². The maximum atomic E-state index is 13.0. The van der Waals surface area contributed by atoms with Crippen LogP contribution < -0.4 is 9.47 Å². The molecule has 0 bridgehead atoms. The zero-order valence-corrected chi connectivity index (χ0v) is 19.5. The van der Waals surface area contributed by atoms with E-state index in [1.807, 2.05) is 23.1 Å². The van der Waals surface area contributed by atoms with Crippen LogP contribution >= 0.6 is 0 Å². The lowest BCUT2D eigenvalue weighted by molar-refractivity contribution is 0.0767. The molecule has 0 radical (unpaired) electrons. The summed E-state index contributed by atoms with van der Waals surface area (Å²) in [5, 5.41) is 0. The van der Waals surface area contributed by atoms with Crippen LogP contribution in [-0.4, -0.2) is 61.6 Å². The van der Waals surface area contributed by atoms with Crippen molar-refractivity contribution >= 4 is 5.91 Å². The van der Waals surface area contributed by atoms with Gasteiger partial charge in [-0.05, 0) is 62.3 Å². The third kappa shape index (κ3) is 5.63. The Bertz CT molecular complexity index is 872. The van der Waals surface area contributed by atoms with Crippen molar-refractivity contribution in [2.24, 2.45) is 0 Å². The van der Waals surface area contributed by atoms with E-state index in [-0.39, 0.29) is 12.0 Å². The number of methoxy groups -OCH3 is 1. The quantitative estimate of drug-likeness (QED) is 0.586. The summed E-state index contributed by atoms with van der Waals surface area (Å²) in [6.07, 6.45) is 5.43. The number of hydrogen-bond acceptors (Lipinski definition) is 4. The number of carbonyl (C=O) groups is 1. The zero-order valence-electron chi connectivity index (χ0n) is 19.5. The van der Waals surface area contributed by atoms with Gasteiger partial charge < -0.3 is 19.3 Å². The highest BCUT2D eigenvalue weighted by atomic mass is 16.5. The Morgan fingerprint density at radius 3 is 2.44 bits per heavy atom. The van der Waals surface area contributed by atoms with Crippen molar-refractivity contribution in [1.82, 2.24) is 9.80 Å². The first-order valence-corrected chi connectivity index (χ1v) is 12.1. The van der Waals surface area contributed by atoms with Gasteiger partial charge in [-0.2, -0.15) is 0 Å². The summed E-state index contributed by atoms with van der Waals surface area (Å²) in [4.78, 5) is 17.5. The normalized spacial score (nSPS) is 18.5. The Balaban J connectivity index is 1.32. The molecule has 0 unspecified atom stereocenters. The fraction of sp³-hybridized carbons (Fsp3) is 0.519. The first-order valence-electron chi connectivity index (χ1n) is 12.1. The monoisotopic (exact) mass is 436 g/mol. The number of ether oxygens (including phenoxy) is 2. The number of rotatable bonds is 8. The first kappa shape index (κ1) is 22.7. The van der Waals surface area contributed by atoms with Crippen molar-refractivity contribution in [3.63, 3.8) is 0 Å². The molecule has 2 aliphatic heterocycles. The van der Waals surface area contributed by atoms with E-state index in [9.17, 15) is 4.79 Å². The molecule has 5 heteroatoms. The molecular formula is C27H36N2O3. The second-order valence-electron chi connectivity index (χ2n) is 9.12. The number of piperidine rings is 1. The molecule has 2 fully saturated rings. The molecule has 0 aromatic heterocycles. The Kier molecular flexibility index (Phi) is 7.69. The third-order valence-corrected chi connectivity index (χ3v) is 6.89. The highest BCUT2D eigenvalue weighted by molar-refractivity contribution is 5.97. The maximum absolute atomic E-state index is 13.0. The molecule has 2 aromatic carbocycles. The highest BCUT2D eigenvalue weighted by Crippen LogP contribution is 2.30. The molecule has 0 saturated carbocycles. The van der Waals surface area contributed by atoms with Gasteiger partial charge >= 0.3 is 0 Å². The van der Waals surface area contributed by atoms with E-state index < -0.39 is 0 Å². The van der Waals surface area contributed by atoms with Gasteiger partial charge in [0.15, 0.2) is 0 Å². The Morgan fingerprint density at radius 2 is 1.75 bits per heavy atom. The zero-order chi connectivity index (χ0) is 22.3. The molecule has 2 aromatic rings. The van der Waals surface area contributed by atoms with Gasteiger partial charge in [-0.3, -0.25) is 4.79 Å². The van der Waals surface area contributed by atoms with Gasteiger partial charge in [0.05, 0.1) is 12.7 Å². The Morgan fingerprint density at radius 1 is 1.03 bits per heavy atom. The van der Waals surface area contributed by atoms with Gasteiger partial charge in [-0.15, -0.1) is 0 Å². The van der Waals surface area contributed by atoms with E-state index in [0.29, 0.717) is 17.2 Å². The third-order valence-electron chi connectivity index (χ3n) is 6.89. The van der Waals surface area contributed by atoms with Crippen LogP contribution in [0.15, 0.2) is 48.5 Å². The van der Waals surface area contributed by atoms with E-state index in [0.717, 1.165) is 64.2 Å². The number of benzene rings is 2. The first-order chi connectivity index (χ1) is 15.6. The molecule has 2 heterocycles. The van der Waals surface area contributed by atoms with Crippen LogP contribution in [0, 0.1) is 0 Å². The lowest BCUT2D eigenvalue weighted by atomic mass is 9.97. The van der Waals surface area contributed by atoms with Gasteiger partial charge in [-0.25, -0.2) is 0 Å². The summed E-state index contributed by atoms with van der Waals surface area (Å²) >= 11 is 0. The average molecular weight is 437 g/mol. The second kappa shape index (κ2) is 10.9. The summed E-state index contributed by atoms with van der Waals surface area (Å²) in [6.45, 7) is 7.17. The van der Waals surface area contributed by atoms with Crippen molar-refractivity contribution in [2.75, 3.05) is 39.8 Å². The molecule has 5 nitrogen and oxygen atoms in total. The smallest absolute Gasteiger partial charge is 0.257 e. The van der Waals surface area contributed by atoms with Gasteiger partial charge in [-0.1, -0.05) is 37.3 Å². The van der Waals surface area contributed by atoms with E-state index in [2.05, 4.69) is 42.2 Å². The minimum Gasteiger partial charge on any atom is -0.497 e. The number of nitrogens with zero attached hydrogens (tertiary/aromatic N) is 2. The van der Waals surface area contributed by atoms with Crippen LogP contribution in [0.5, 0.6) is 11.5 Å². The lowest BCUT2D eigenvalue weighted by Gasteiger charge is -2.33. The number of likely N-dealkylation sites (tertiary alicyclic amines) is 2. The molecule has 4 rings (SSSR count). The molecule has 0 aliphatic carbocycles. The SMILES string of the molecule is COc1ccc(C(=O)N2CCCC2)c(OC2CCN(CC[C@H](C)c3ccccc3)CC2)c1. The van der Waals surface area contributed by atoms with Crippen LogP contribution in [0.25, 0.3) is 0 Å². The van der Waals surface area contributed by atoms with Gasteiger partial charge in [0.25, 0.3) is 5.91 Å². The number of carbonyl (C=O) groups excluding carboxylic acids is 1. The standard InChI is InChI=1S/C27H36N2O3/c1-21(22-8-4-3-5-9-22)12-17-28-18-13-23(14-19-28)32-26-20-24(31-2)10-11-25(26)27(30)29-15-6-7-16-29/h3-5,8-11,20-21,23H,6-7,12-19H2,1-2H3/t21-/m0/s1. The summed E-state index contributed by atoms with van der Waals surface area (Å²) in [5.41, 5.74) is 2.07. The van der Waals surface area contributed by atoms with Gasteiger partial charge in [0, 0.05) is 32.2 Å². The number of hydrogen-bond donors (Lipinski definition) is 0.